The van der Waals surface area contributed by atoms with Gasteiger partial charge in [0, 0.05) is 24.2 Å². The summed E-state index contributed by atoms with van der Waals surface area (Å²) in [4.78, 5) is 7.01. The molecule has 0 amide bonds. The molecule has 2 bridgehead atoms. The van der Waals surface area contributed by atoms with Crippen molar-refractivity contribution in [2.24, 2.45) is 11.8 Å². The number of ether oxygens (including phenoxy) is 2. The van der Waals surface area contributed by atoms with E-state index in [9.17, 15) is 0 Å². The van der Waals surface area contributed by atoms with E-state index in [1.807, 2.05) is 30.5 Å². The number of nitrogens with zero attached hydrogens (tertiary/aromatic N) is 3. The quantitative estimate of drug-likeness (QED) is 0.732. The second kappa shape index (κ2) is 7.67. The van der Waals surface area contributed by atoms with Gasteiger partial charge in [0.25, 0.3) is 0 Å². The zero-order valence-corrected chi connectivity index (χ0v) is 15.7. The van der Waals surface area contributed by atoms with Gasteiger partial charge in [0.05, 0.1) is 18.7 Å². The molecule has 5 atom stereocenters. The van der Waals surface area contributed by atoms with Crippen molar-refractivity contribution in [2.75, 3.05) is 26.8 Å². The monoisotopic (exact) mass is 363 g/mol. The average molecular weight is 363 g/mol. The maximum Gasteiger partial charge on any atom is 0.134 e. The standard InChI is InChI=1S/C22H25N3O2/c1-3-15-14-25-10-7-16(15)12-21(25)22(27-11-8-23)18-6-9-24-20-5-4-17(26-2)13-19(18)20/h3-6,9,13,15-16,21-22H,1,7,10-12,14H2,2H3/t15-,16?,21-,22+/m1/s1. The lowest BCUT2D eigenvalue weighted by atomic mass is 9.73. The van der Waals surface area contributed by atoms with E-state index in [1.54, 1.807) is 7.11 Å². The molecule has 27 heavy (non-hydrogen) atoms. The smallest absolute Gasteiger partial charge is 0.134 e. The van der Waals surface area contributed by atoms with Crippen LogP contribution in [0.1, 0.15) is 24.5 Å². The highest BCUT2D eigenvalue weighted by Crippen LogP contribution is 2.43. The van der Waals surface area contributed by atoms with Gasteiger partial charge in [-0.3, -0.25) is 9.88 Å². The number of fused-ring (bicyclic) bond motifs is 4. The van der Waals surface area contributed by atoms with Crippen LogP contribution in [0.3, 0.4) is 0 Å². The van der Waals surface area contributed by atoms with Gasteiger partial charge in [-0.2, -0.15) is 5.26 Å². The first-order valence-electron chi connectivity index (χ1n) is 9.53. The van der Waals surface area contributed by atoms with E-state index in [-0.39, 0.29) is 18.8 Å². The van der Waals surface area contributed by atoms with E-state index in [4.69, 9.17) is 14.7 Å². The minimum Gasteiger partial charge on any atom is -0.497 e. The van der Waals surface area contributed by atoms with Crippen molar-refractivity contribution in [2.45, 2.75) is 25.0 Å². The molecule has 3 fully saturated rings. The Morgan fingerprint density at radius 1 is 1.44 bits per heavy atom. The van der Waals surface area contributed by atoms with Crippen LogP contribution in [0.25, 0.3) is 10.9 Å². The van der Waals surface area contributed by atoms with Crippen molar-refractivity contribution in [3.05, 3.63) is 48.7 Å². The van der Waals surface area contributed by atoms with Crippen LogP contribution in [0.5, 0.6) is 5.75 Å². The van der Waals surface area contributed by atoms with Crippen LogP contribution in [0.2, 0.25) is 0 Å². The molecular weight excluding hydrogens is 338 g/mol. The fraction of sp³-hybridized carbons (Fsp3) is 0.455. The predicted molar refractivity (Wildman–Crippen MR) is 104 cm³/mol. The van der Waals surface area contributed by atoms with Crippen LogP contribution < -0.4 is 4.74 Å². The van der Waals surface area contributed by atoms with E-state index in [2.05, 4.69) is 28.6 Å². The largest absolute Gasteiger partial charge is 0.497 e. The first-order valence-corrected chi connectivity index (χ1v) is 9.53. The molecule has 0 N–H and O–H groups in total. The Labute approximate surface area is 160 Å². The highest BCUT2D eigenvalue weighted by atomic mass is 16.5. The van der Waals surface area contributed by atoms with Crippen molar-refractivity contribution in [1.82, 2.24) is 9.88 Å². The summed E-state index contributed by atoms with van der Waals surface area (Å²) in [6.07, 6.45) is 6.06. The van der Waals surface area contributed by atoms with Gasteiger partial charge in [-0.15, -0.1) is 6.58 Å². The molecule has 2 aromatic rings. The van der Waals surface area contributed by atoms with Gasteiger partial charge in [0.1, 0.15) is 18.5 Å². The molecule has 3 saturated heterocycles. The lowest BCUT2D eigenvalue weighted by Gasteiger charge is -2.51. The summed E-state index contributed by atoms with van der Waals surface area (Å²) in [6.45, 7) is 6.21. The molecule has 5 rings (SSSR count). The lowest BCUT2D eigenvalue weighted by molar-refractivity contribution is -0.0675. The average Bonchev–Trinajstić information content (AvgIpc) is 2.74. The predicted octanol–water partition coefficient (Wildman–Crippen LogP) is 3.72. The van der Waals surface area contributed by atoms with Crippen LogP contribution >= 0.6 is 0 Å². The Bertz CT molecular complexity index is 875. The van der Waals surface area contributed by atoms with E-state index in [1.165, 1.54) is 6.42 Å². The van der Waals surface area contributed by atoms with Gasteiger partial charge in [-0.25, -0.2) is 0 Å². The van der Waals surface area contributed by atoms with Gasteiger partial charge >= 0.3 is 0 Å². The van der Waals surface area contributed by atoms with Crippen molar-refractivity contribution in [3.63, 3.8) is 0 Å². The zero-order valence-electron chi connectivity index (χ0n) is 15.7. The minimum atomic E-state index is -0.157. The molecule has 0 radical (unpaired) electrons. The second-order valence-electron chi connectivity index (χ2n) is 7.42. The van der Waals surface area contributed by atoms with Gasteiger partial charge in [0.15, 0.2) is 0 Å². The Hall–Kier alpha value is -2.42. The van der Waals surface area contributed by atoms with Crippen molar-refractivity contribution < 1.29 is 9.47 Å². The van der Waals surface area contributed by atoms with E-state index in [0.29, 0.717) is 11.8 Å². The zero-order chi connectivity index (χ0) is 18.8. The van der Waals surface area contributed by atoms with E-state index in [0.717, 1.165) is 41.7 Å². The summed E-state index contributed by atoms with van der Waals surface area (Å²) >= 11 is 0. The van der Waals surface area contributed by atoms with Gasteiger partial charge in [-0.1, -0.05) is 6.08 Å². The van der Waals surface area contributed by atoms with Gasteiger partial charge < -0.3 is 9.47 Å². The molecule has 1 aromatic heterocycles. The number of nitriles is 1. The third kappa shape index (κ3) is 3.31. The van der Waals surface area contributed by atoms with Crippen LogP contribution in [-0.4, -0.2) is 42.7 Å². The Morgan fingerprint density at radius 3 is 3.04 bits per heavy atom. The lowest BCUT2D eigenvalue weighted by Crippen LogP contribution is -2.55. The second-order valence-corrected chi connectivity index (χ2v) is 7.42. The summed E-state index contributed by atoms with van der Waals surface area (Å²) in [6, 6.07) is 10.4. The maximum absolute atomic E-state index is 9.13. The molecule has 0 spiro atoms. The van der Waals surface area contributed by atoms with Crippen LogP contribution in [0, 0.1) is 23.2 Å². The molecule has 5 heteroatoms. The van der Waals surface area contributed by atoms with Crippen molar-refractivity contribution >= 4 is 10.9 Å². The molecule has 3 aliphatic heterocycles. The first kappa shape index (κ1) is 18.0. The topological polar surface area (TPSA) is 58.4 Å². The molecule has 0 aliphatic carbocycles. The number of rotatable bonds is 6. The summed E-state index contributed by atoms with van der Waals surface area (Å²) in [5.74, 6) is 2.00. The fourth-order valence-corrected chi connectivity index (χ4v) is 4.75. The van der Waals surface area contributed by atoms with Gasteiger partial charge in [0.2, 0.25) is 0 Å². The number of aromatic nitrogens is 1. The molecule has 140 valence electrons. The van der Waals surface area contributed by atoms with Crippen LogP contribution in [-0.2, 0) is 4.74 Å². The minimum absolute atomic E-state index is 0.0817. The van der Waals surface area contributed by atoms with Crippen LogP contribution in [0.4, 0.5) is 0 Å². The molecule has 5 nitrogen and oxygen atoms in total. The Kier molecular flexibility index (Phi) is 5.11. The Morgan fingerprint density at radius 2 is 2.33 bits per heavy atom. The van der Waals surface area contributed by atoms with E-state index < -0.39 is 0 Å². The number of pyridine rings is 1. The third-order valence-corrected chi connectivity index (χ3v) is 6.12. The number of hydrogen-bond acceptors (Lipinski definition) is 5. The number of hydrogen-bond donors (Lipinski definition) is 0. The molecule has 1 aromatic carbocycles. The van der Waals surface area contributed by atoms with Gasteiger partial charge in [-0.05, 0) is 61.1 Å². The normalized spacial score (nSPS) is 27.9. The maximum atomic E-state index is 9.13. The molecule has 0 saturated carbocycles. The van der Waals surface area contributed by atoms with Crippen molar-refractivity contribution in [1.29, 1.82) is 5.26 Å². The number of methoxy groups -OCH3 is 1. The van der Waals surface area contributed by atoms with E-state index >= 15 is 0 Å². The molecule has 4 heterocycles. The highest BCUT2D eigenvalue weighted by molar-refractivity contribution is 5.84. The highest BCUT2D eigenvalue weighted by Gasteiger charge is 2.43. The fourth-order valence-electron chi connectivity index (χ4n) is 4.75. The molecule has 2 unspecified atom stereocenters. The SMILES string of the molecule is C=C[C@@H]1CN2CCC1C[C@@H]2[C@@H](OCC#N)c1ccnc2ccc(OC)cc12. The Balaban J connectivity index is 1.74. The third-order valence-electron chi connectivity index (χ3n) is 6.12. The first-order chi connectivity index (χ1) is 13.2. The molecule has 3 aliphatic rings. The number of piperidine rings is 3. The summed E-state index contributed by atoms with van der Waals surface area (Å²) in [5, 5.41) is 10.2. The summed E-state index contributed by atoms with van der Waals surface area (Å²) in [7, 11) is 1.67. The van der Waals surface area contributed by atoms with Crippen LogP contribution in [0.15, 0.2) is 43.1 Å². The van der Waals surface area contributed by atoms with Crippen molar-refractivity contribution in [3.8, 4) is 11.8 Å². The molecular formula is C22H25N3O2. The summed E-state index contributed by atoms with van der Waals surface area (Å²) < 4.78 is 11.5. The number of benzene rings is 1. The summed E-state index contributed by atoms with van der Waals surface area (Å²) in [5.41, 5.74) is 2.00.